The second-order valence-electron chi connectivity index (χ2n) is 2.09. The van der Waals surface area contributed by atoms with Crippen LogP contribution in [-0.4, -0.2) is 12.3 Å². The van der Waals surface area contributed by atoms with Gasteiger partial charge in [0.05, 0.1) is 0 Å². The lowest BCUT2D eigenvalue weighted by atomic mass is 10.2. The van der Waals surface area contributed by atoms with Crippen molar-refractivity contribution in [3.05, 3.63) is 10.4 Å². The third kappa shape index (κ3) is 7.66. The molecule has 0 saturated heterocycles. The molecule has 4 heteroatoms. The highest BCUT2D eigenvalue weighted by molar-refractivity contribution is 7.80. The molecule has 0 aliphatic heterocycles. The van der Waals surface area contributed by atoms with Gasteiger partial charge in [-0.3, -0.25) is 0 Å². The molecule has 0 amide bonds. The SMILES string of the molecule is [N-]=[N+]=NCCCCCCS. The Kier molecular flexibility index (Phi) is 8.37. The number of unbranched alkanes of at least 4 members (excludes halogenated alkanes) is 3. The van der Waals surface area contributed by atoms with Crippen LogP contribution in [0.4, 0.5) is 0 Å². The summed E-state index contributed by atoms with van der Waals surface area (Å²) in [6.07, 6.45) is 4.53. The first-order chi connectivity index (χ1) is 4.91. The van der Waals surface area contributed by atoms with E-state index in [0.29, 0.717) is 6.54 Å². The summed E-state index contributed by atoms with van der Waals surface area (Å²) in [7, 11) is 0. The van der Waals surface area contributed by atoms with Gasteiger partial charge in [0.2, 0.25) is 0 Å². The van der Waals surface area contributed by atoms with E-state index in [-0.39, 0.29) is 0 Å². The zero-order valence-corrected chi connectivity index (χ0v) is 6.93. The van der Waals surface area contributed by atoms with Gasteiger partial charge in [-0.25, -0.2) is 0 Å². The minimum absolute atomic E-state index is 0.642. The number of hydrogen-bond donors (Lipinski definition) is 1. The van der Waals surface area contributed by atoms with Gasteiger partial charge in [0.1, 0.15) is 0 Å². The van der Waals surface area contributed by atoms with Crippen LogP contribution in [0.3, 0.4) is 0 Å². The average molecular weight is 159 g/mol. The lowest BCUT2D eigenvalue weighted by molar-refractivity contribution is 0.677. The molecule has 0 atom stereocenters. The van der Waals surface area contributed by atoms with Crippen molar-refractivity contribution in [2.45, 2.75) is 25.7 Å². The predicted molar refractivity (Wildman–Crippen MR) is 46.3 cm³/mol. The first-order valence-electron chi connectivity index (χ1n) is 3.53. The second kappa shape index (κ2) is 8.66. The Bertz CT molecular complexity index is 110. The van der Waals surface area contributed by atoms with Gasteiger partial charge in [-0.15, -0.1) is 0 Å². The number of azide groups is 1. The van der Waals surface area contributed by atoms with Gasteiger partial charge in [-0.2, -0.15) is 12.6 Å². The van der Waals surface area contributed by atoms with E-state index in [4.69, 9.17) is 5.53 Å². The molecule has 0 fully saturated rings. The third-order valence-corrected chi connectivity index (χ3v) is 1.55. The molecule has 0 heterocycles. The minimum Gasteiger partial charge on any atom is -0.179 e. The van der Waals surface area contributed by atoms with E-state index in [2.05, 4.69) is 22.7 Å². The van der Waals surface area contributed by atoms with Gasteiger partial charge in [0.25, 0.3) is 0 Å². The summed E-state index contributed by atoms with van der Waals surface area (Å²) in [5.74, 6) is 0.960. The summed E-state index contributed by atoms with van der Waals surface area (Å²) < 4.78 is 0. The van der Waals surface area contributed by atoms with E-state index in [1.807, 2.05) is 0 Å². The Morgan fingerprint density at radius 1 is 1.20 bits per heavy atom. The third-order valence-electron chi connectivity index (χ3n) is 1.23. The highest BCUT2D eigenvalue weighted by Gasteiger charge is 1.85. The maximum Gasteiger partial charge on any atom is 0.0257 e. The maximum absolute atomic E-state index is 7.92. The van der Waals surface area contributed by atoms with Crippen LogP contribution >= 0.6 is 12.6 Å². The summed E-state index contributed by atoms with van der Waals surface area (Å²) in [4.78, 5) is 2.66. The van der Waals surface area contributed by atoms with E-state index in [1.165, 1.54) is 12.8 Å². The van der Waals surface area contributed by atoms with Crippen molar-refractivity contribution >= 4 is 12.6 Å². The topological polar surface area (TPSA) is 48.8 Å². The zero-order chi connectivity index (χ0) is 7.66. The Hall–Kier alpha value is -0.340. The molecule has 0 unspecified atom stereocenters. The van der Waals surface area contributed by atoms with Crippen molar-refractivity contribution < 1.29 is 0 Å². The molecule has 10 heavy (non-hydrogen) atoms. The van der Waals surface area contributed by atoms with Crippen LogP contribution in [0.5, 0.6) is 0 Å². The number of rotatable bonds is 6. The molecule has 0 bridgehead atoms. The summed E-state index contributed by atoms with van der Waals surface area (Å²) in [6.45, 7) is 0.642. The maximum atomic E-state index is 7.92. The Balaban J connectivity index is 2.83. The van der Waals surface area contributed by atoms with Gasteiger partial charge in [0.15, 0.2) is 0 Å². The molecule has 3 nitrogen and oxygen atoms in total. The van der Waals surface area contributed by atoms with E-state index in [9.17, 15) is 0 Å². The van der Waals surface area contributed by atoms with Gasteiger partial charge >= 0.3 is 0 Å². The van der Waals surface area contributed by atoms with Crippen LogP contribution in [0.2, 0.25) is 0 Å². The second-order valence-corrected chi connectivity index (χ2v) is 2.54. The van der Waals surface area contributed by atoms with Gasteiger partial charge in [-0.1, -0.05) is 18.0 Å². The molecule has 0 aromatic rings. The van der Waals surface area contributed by atoms with E-state index in [1.54, 1.807) is 0 Å². The van der Waals surface area contributed by atoms with Gasteiger partial charge in [-0.05, 0) is 24.1 Å². The van der Waals surface area contributed by atoms with Crippen molar-refractivity contribution in [3.8, 4) is 0 Å². The number of thiol groups is 1. The molecule has 0 spiro atoms. The standard InChI is InChI=1S/C6H13N3S/c7-9-8-5-3-1-2-4-6-10/h10H,1-6H2. The highest BCUT2D eigenvalue weighted by Crippen LogP contribution is 2.00. The molecule has 0 aromatic heterocycles. The summed E-state index contributed by atoms with van der Waals surface area (Å²) in [5, 5.41) is 3.43. The van der Waals surface area contributed by atoms with Crippen LogP contribution in [-0.2, 0) is 0 Å². The molecular weight excluding hydrogens is 146 g/mol. The molecule has 0 radical (unpaired) electrons. The molecule has 0 aromatic carbocycles. The zero-order valence-electron chi connectivity index (χ0n) is 6.03. The highest BCUT2D eigenvalue weighted by atomic mass is 32.1. The largest absolute Gasteiger partial charge is 0.179 e. The van der Waals surface area contributed by atoms with E-state index >= 15 is 0 Å². The average Bonchev–Trinajstić information content (AvgIpc) is 1.97. The summed E-state index contributed by atoms with van der Waals surface area (Å²) in [6, 6.07) is 0. The molecule has 0 aliphatic rings. The predicted octanol–water partition coefficient (Wildman–Crippen LogP) is 2.79. The molecular formula is C6H13N3S. The Morgan fingerprint density at radius 3 is 2.50 bits per heavy atom. The molecule has 0 saturated carbocycles. The number of hydrogen-bond acceptors (Lipinski definition) is 2. The molecule has 0 rings (SSSR count). The summed E-state index contributed by atoms with van der Waals surface area (Å²) in [5.41, 5.74) is 7.92. The smallest absolute Gasteiger partial charge is 0.0257 e. The minimum atomic E-state index is 0.642. The van der Waals surface area contributed by atoms with Crippen molar-refractivity contribution in [1.29, 1.82) is 0 Å². The van der Waals surface area contributed by atoms with Crippen LogP contribution < -0.4 is 0 Å². The van der Waals surface area contributed by atoms with Crippen molar-refractivity contribution in [3.63, 3.8) is 0 Å². The quantitative estimate of drug-likeness (QED) is 0.204. The first-order valence-corrected chi connectivity index (χ1v) is 4.16. The van der Waals surface area contributed by atoms with E-state index in [0.717, 1.165) is 18.6 Å². The Labute approximate surface area is 66.9 Å². The molecule has 0 N–H and O–H groups in total. The van der Waals surface area contributed by atoms with Crippen LogP contribution in [0, 0.1) is 0 Å². The molecule has 58 valence electrons. The van der Waals surface area contributed by atoms with Gasteiger partial charge < -0.3 is 0 Å². The summed E-state index contributed by atoms with van der Waals surface area (Å²) >= 11 is 4.08. The van der Waals surface area contributed by atoms with Crippen LogP contribution in [0.1, 0.15) is 25.7 Å². The van der Waals surface area contributed by atoms with Gasteiger partial charge in [0, 0.05) is 11.5 Å². The normalized spacial score (nSPS) is 8.90. The fourth-order valence-electron chi connectivity index (χ4n) is 0.693. The van der Waals surface area contributed by atoms with Crippen LogP contribution in [0.25, 0.3) is 10.4 Å². The van der Waals surface area contributed by atoms with Crippen LogP contribution in [0.15, 0.2) is 5.11 Å². The lowest BCUT2D eigenvalue weighted by Gasteiger charge is -1.93. The monoisotopic (exact) mass is 159 g/mol. The van der Waals surface area contributed by atoms with E-state index < -0.39 is 0 Å². The lowest BCUT2D eigenvalue weighted by Crippen LogP contribution is -1.81. The fraction of sp³-hybridized carbons (Fsp3) is 1.00. The Morgan fingerprint density at radius 2 is 1.90 bits per heavy atom. The molecule has 0 aliphatic carbocycles. The number of nitrogens with zero attached hydrogens (tertiary/aromatic N) is 3. The van der Waals surface area contributed by atoms with Crippen molar-refractivity contribution in [1.82, 2.24) is 0 Å². The first kappa shape index (κ1) is 9.66. The fourth-order valence-corrected chi connectivity index (χ4v) is 0.916. The van der Waals surface area contributed by atoms with Crippen molar-refractivity contribution in [2.75, 3.05) is 12.3 Å². The van der Waals surface area contributed by atoms with Crippen molar-refractivity contribution in [2.24, 2.45) is 5.11 Å².